The van der Waals surface area contributed by atoms with Crippen molar-refractivity contribution in [3.8, 4) is 11.1 Å². The van der Waals surface area contributed by atoms with Crippen molar-refractivity contribution in [3.63, 3.8) is 0 Å². The smallest absolute Gasteiger partial charge is 0.278 e. The van der Waals surface area contributed by atoms with Crippen molar-refractivity contribution < 1.29 is 37.6 Å². The first-order valence-electron chi connectivity index (χ1n) is 23.2. The van der Waals surface area contributed by atoms with E-state index in [0.717, 1.165) is 49.4 Å². The van der Waals surface area contributed by atoms with Crippen LogP contribution in [-0.4, -0.2) is 102 Å². The number of benzene rings is 2. The van der Waals surface area contributed by atoms with Gasteiger partial charge in [0.1, 0.15) is 29.9 Å². The second kappa shape index (κ2) is 16.8. The van der Waals surface area contributed by atoms with Crippen LogP contribution in [0.15, 0.2) is 85.2 Å². The number of hydrogen-bond donors (Lipinski definition) is 4. The summed E-state index contributed by atoms with van der Waals surface area (Å²) in [6.07, 6.45) is 11.6. The first-order chi connectivity index (χ1) is 32.7. The number of piperidine rings is 2. The molecule has 0 radical (unpaired) electrons. The molecule has 4 N–H and O–H groups in total. The predicted octanol–water partition coefficient (Wildman–Crippen LogP) is 5.06. The molecule has 16 nitrogen and oxygen atoms in total. The Kier molecular flexibility index (Phi) is 10.8. The first kappa shape index (κ1) is 43.8. The monoisotopic (exact) mass is 944 g/mol. The normalized spacial score (nSPS) is 23.5. The van der Waals surface area contributed by atoms with Crippen LogP contribution in [0.4, 0.5) is 31.0 Å². The van der Waals surface area contributed by atoms with Gasteiger partial charge in [-0.1, -0.05) is 12.1 Å². The lowest BCUT2D eigenvalue weighted by Crippen LogP contribution is -2.73. The minimum absolute atomic E-state index is 0.000996. The van der Waals surface area contributed by atoms with E-state index in [0.29, 0.717) is 65.6 Å². The molecule has 1 spiro atoms. The maximum Gasteiger partial charge on any atom is 0.278 e. The van der Waals surface area contributed by atoms with Gasteiger partial charge in [-0.05, 0) is 87.9 Å². The zero-order valence-corrected chi connectivity index (χ0v) is 38.5. The number of carbonyl (C=O) groups is 4. The van der Waals surface area contributed by atoms with E-state index in [-0.39, 0.29) is 48.1 Å². The molecule has 352 valence electrons. The van der Waals surface area contributed by atoms with Crippen LogP contribution in [0.3, 0.4) is 0 Å². The molecule has 4 fully saturated rings. The summed E-state index contributed by atoms with van der Waals surface area (Å²) in [6.45, 7) is 7.52. The Bertz CT molecular complexity index is 2950. The summed E-state index contributed by atoms with van der Waals surface area (Å²) in [4.78, 5) is 66.1. The Balaban J connectivity index is 0.695. The predicted molar refractivity (Wildman–Crippen MR) is 250 cm³/mol. The van der Waals surface area contributed by atoms with Crippen LogP contribution in [0.5, 0.6) is 0 Å². The Morgan fingerprint density at radius 2 is 1.76 bits per heavy atom. The number of likely N-dealkylation sites (tertiary alicyclic amines) is 1. The van der Waals surface area contributed by atoms with Crippen molar-refractivity contribution in [2.75, 3.05) is 46.6 Å². The zero-order chi connectivity index (χ0) is 47.1. The molecule has 5 aliphatic heterocycles. The summed E-state index contributed by atoms with van der Waals surface area (Å²) in [5.74, 6) is -2.02. The molecule has 6 aromatic rings. The fourth-order valence-electron chi connectivity index (χ4n) is 11.4. The highest BCUT2D eigenvalue weighted by atomic mass is 32.1. The third-order valence-corrected chi connectivity index (χ3v) is 15.2. The molecule has 2 aromatic carbocycles. The molecule has 5 aliphatic rings. The van der Waals surface area contributed by atoms with Gasteiger partial charge in [-0.15, -0.1) is 11.3 Å². The van der Waals surface area contributed by atoms with Crippen molar-refractivity contribution in [3.05, 3.63) is 108 Å². The molecule has 9 heterocycles. The summed E-state index contributed by atoms with van der Waals surface area (Å²) in [5, 5.41) is 22.3. The van der Waals surface area contributed by atoms with E-state index in [1.807, 2.05) is 54.1 Å². The van der Waals surface area contributed by atoms with Crippen LogP contribution in [0.2, 0.25) is 0 Å². The Labute approximate surface area is 394 Å². The molecule has 19 heteroatoms. The highest BCUT2D eigenvalue weighted by Gasteiger charge is 2.54. The van der Waals surface area contributed by atoms with Crippen molar-refractivity contribution >= 4 is 62.7 Å². The molecule has 4 saturated heterocycles. The van der Waals surface area contributed by atoms with Gasteiger partial charge in [0.15, 0.2) is 10.9 Å². The maximum atomic E-state index is 15.9. The molecule has 0 saturated carbocycles. The number of aromatic nitrogens is 5. The molecular formula is C49H52F2N11O5S+. The van der Waals surface area contributed by atoms with E-state index in [4.69, 9.17) is 0 Å². The number of nitrogens with zero attached hydrogens (tertiary/aromatic N) is 8. The number of halogens is 2. The van der Waals surface area contributed by atoms with Crippen molar-refractivity contribution in [2.24, 2.45) is 5.41 Å². The Morgan fingerprint density at radius 3 is 2.49 bits per heavy atom. The molecule has 3 unspecified atom stereocenters. The lowest BCUT2D eigenvalue weighted by Gasteiger charge is -2.61. The summed E-state index contributed by atoms with van der Waals surface area (Å²) in [6, 6.07) is 12.3. The number of nitrogens with one attached hydrogen (secondary N) is 3. The number of anilines is 4. The fraction of sp³-hybridized carbons (Fsp3) is 0.408. The number of fused-ring (bicyclic) bond motifs is 2. The molecule has 0 bridgehead atoms. The number of pyridine rings is 1. The lowest BCUT2D eigenvalue weighted by molar-refractivity contribution is -0.699. The SMILES string of the molecule is C[C@@H]1CC(O)(CC(=O)N2CC3(C2)CN(c2ccc(-c4cc(F)c5c[n+](C(C(=O)Nc6nccs6)c6ncn7c6CCC7)cn5c4)cc2)C3)C[C@H](C)N1c1ccc(NC2CCC(=O)NC2=O)cc1F. The Hall–Kier alpha value is -6.73. The molecule has 4 aromatic heterocycles. The number of imidazole rings is 2. The topological polar surface area (TPSA) is 173 Å². The molecule has 68 heavy (non-hydrogen) atoms. The third kappa shape index (κ3) is 8.03. The van der Waals surface area contributed by atoms with Crippen molar-refractivity contribution in [1.29, 1.82) is 0 Å². The van der Waals surface area contributed by atoms with Gasteiger partial charge in [-0.2, -0.15) is 4.40 Å². The Morgan fingerprint density at radius 1 is 0.985 bits per heavy atom. The summed E-state index contributed by atoms with van der Waals surface area (Å²) in [7, 11) is 0. The number of amides is 4. The highest BCUT2D eigenvalue weighted by molar-refractivity contribution is 7.13. The highest BCUT2D eigenvalue weighted by Crippen LogP contribution is 2.44. The van der Waals surface area contributed by atoms with Crippen LogP contribution in [0.1, 0.15) is 69.8 Å². The average molecular weight is 945 g/mol. The van der Waals surface area contributed by atoms with E-state index in [1.54, 1.807) is 51.5 Å². The fourth-order valence-corrected chi connectivity index (χ4v) is 12.0. The summed E-state index contributed by atoms with van der Waals surface area (Å²) in [5.41, 5.74) is 4.10. The summed E-state index contributed by atoms with van der Waals surface area (Å²) < 4.78 is 37.0. The van der Waals surface area contributed by atoms with E-state index in [1.165, 1.54) is 23.5 Å². The minimum Gasteiger partial charge on any atom is -0.389 e. The van der Waals surface area contributed by atoms with E-state index < -0.39 is 35.2 Å². The van der Waals surface area contributed by atoms with Crippen LogP contribution < -0.4 is 30.3 Å². The number of aryl methyl sites for hydroxylation is 1. The largest absolute Gasteiger partial charge is 0.389 e. The second-order valence-corrected chi connectivity index (χ2v) is 20.4. The van der Waals surface area contributed by atoms with Gasteiger partial charge >= 0.3 is 0 Å². The lowest BCUT2D eigenvalue weighted by atomic mass is 9.72. The van der Waals surface area contributed by atoms with E-state index in [2.05, 4.69) is 35.4 Å². The second-order valence-electron chi connectivity index (χ2n) is 19.5. The number of imide groups is 1. The molecular weight excluding hydrogens is 893 g/mol. The average Bonchev–Trinajstić information content (AvgIpc) is 4.09. The minimum atomic E-state index is -1.23. The van der Waals surface area contributed by atoms with Gasteiger partial charge < -0.3 is 29.7 Å². The number of rotatable bonds is 11. The van der Waals surface area contributed by atoms with E-state index >= 15 is 8.78 Å². The number of hydrogen-bond acceptors (Lipinski definition) is 11. The maximum absolute atomic E-state index is 15.9. The molecule has 5 atom stereocenters. The van der Waals surface area contributed by atoms with Gasteiger partial charge in [0.25, 0.3) is 5.91 Å². The summed E-state index contributed by atoms with van der Waals surface area (Å²) >= 11 is 1.33. The van der Waals surface area contributed by atoms with Gasteiger partial charge in [0.05, 0.1) is 24.0 Å². The standard InChI is InChI=1S/C49H51F2N11O5S/c1-29-18-49(67,19-30(2)62(29)38-11-7-33(17-36(38)51)54-37-10-12-41(63)55-45(37)65)20-42(64)61-25-48(26-61)23-60(24-48)34-8-5-31(6-9-34)32-16-35(50)40-22-59(28-58(40)21-32)44(46(66)56-47-52-13-15-68-47)43-39-4-3-14-57(39)27-53-43/h5-9,11,13,15-17,21-22,27-30,37,44,54,67H,3-4,10,12,14,18-20,23-26H2,1-2H3,(H-,52,55,56,63,65,66)/p+1/t29-,30+,37?,44?,49?. The van der Waals surface area contributed by atoms with E-state index in [9.17, 15) is 24.3 Å². The van der Waals surface area contributed by atoms with Crippen LogP contribution in [-0.2, 0) is 32.1 Å². The zero-order valence-electron chi connectivity index (χ0n) is 37.7. The van der Waals surface area contributed by atoms with Crippen LogP contribution >= 0.6 is 11.3 Å². The van der Waals surface area contributed by atoms with Gasteiger partial charge in [0, 0.05) is 90.9 Å². The molecule has 4 amide bonds. The van der Waals surface area contributed by atoms with Crippen molar-refractivity contribution in [2.45, 2.75) is 95.1 Å². The third-order valence-electron chi connectivity index (χ3n) is 14.5. The van der Waals surface area contributed by atoms with Gasteiger partial charge in [-0.25, -0.2) is 23.3 Å². The van der Waals surface area contributed by atoms with Gasteiger partial charge in [0.2, 0.25) is 35.6 Å². The first-order valence-corrected chi connectivity index (χ1v) is 24.1. The molecule has 11 rings (SSSR count). The molecule has 0 aliphatic carbocycles. The number of carbonyl (C=O) groups excluding carboxylic acids is 4. The number of aliphatic hydroxyl groups is 1. The van der Waals surface area contributed by atoms with Crippen LogP contribution in [0.25, 0.3) is 16.6 Å². The van der Waals surface area contributed by atoms with Gasteiger partial charge in [-0.3, -0.25) is 29.8 Å². The van der Waals surface area contributed by atoms with Crippen molar-refractivity contribution in [1.82, 2.24) is 29.2 Å². The van der Waals surface area contributed by atoms with Crippen LogP contribution in [0, 0.1) is 17.0 Å². The number of thiazole rings is 1. The quantitative estimate of drug-likeness (QED) is 0.102.